The summed E-state index contributed by atoms with van der Waals surface area (Å²) in [5.41, 5.74) is 0.681. The summed E-state index contributed by atoms with van der Waals surface area (Å²) in [7, 11) is -3.44. The van der Waals surface area contributed by atoms with Crippen molar-refractivity contribution in [2.75, 3.05) is 25.2 Å². The SMILES string of the molecule is CSCCCCCNS(=O)(=O)c1ccc(C#CCO)cc1. The molecule has 6 heteroatoms. The van der Waals surface area contributed by atoms with Crippen LogP contribution >= 0.6 is 11.8 Å². The van der Waals surface area contributed by atoms with Crippen molar-refractivity contribution >= 4 is 21.8 Å². The lowest BCUT2D eigenvalue weighted by Gasteiger charge is -2.06. The van der Waals surface area contributed by atoms with Crippen molar-refractivity contribution in [3.8, 4) is 11.8 Å². The molecular weight excluding hydrogens is 306 g/mol. The maximum atomic E-state index is 12.1. The third-order valence-corrected chi connectivity index (χ3v) is 4.97. The maximum Gasteiger partial charge on any atom is 0.240 e. The summed E-state index contributed by atoms with van der Waals surface area (Å²) in [4.78, 5) is 0.237. The molecule has 0 atom stereocenters. The molecule has 21 heavy (non-hydrogen) atoms. The molecule has 0 saturated carbocycles. The first kappa shape index (κ1) is 18.1. The van der Waals surface area contributed by atoms with Crippen LogP contribution in [-0.4, -0.2) is 38.7 Å². The van der Waals surface area contributed by atoms with Gasteiger partial charge < -0.3 is 5.11 Å². The predicted molar refractivity (Wildman–Crippen MR) is 87.8 cm³/mol. The van der Waals surface area contributed by atoms with Gasteiger partial charge in [-0.1, -0.05) is 18.3 Å². The number of aliphatic hydroxyl groups is 1. The molecule has 0 radical (unpaired) electrons. The Bertz CT molecular complexity index is 571. The van der Waals surface area contributed by atoms with E-state index < -0.39 is 10.0 Å². The third-order valence-electron chi connectivity index (χ3n) is 2.79. The molecule has 2 N–H and O–H groups in total. The van der Waals surface area contributed by atoms with Crippen molar-refractivity contribution in [3.63, 3.8) is 0 Å². The third kappa shape index (κ3) is 7.00. The van der Waals surface area contributed by atoms with Gasteiger partial charge in [0.25, 0.3) is 0 Å². The zero-order valence-corrected chi connectivity index (χ0v) is 13.8. The van der Waals surface area contributed by atoms with Crippen LogP contribution in [0.25, 0.3) is 0 Å². The van der Waals surface area contributed by atoms with E-state index in [2.05, 4.69) is 22.8 Å². The first-order chi connectivity index (χ1) is 10.1. The molecule has 0 amide bonds. The standard InChI is InChI=1S/C15H21NO3S2/c1-20-13-4-2-3-11-16-21(18,19)15-9-7-14(8-10-15)6-5-12-17/h7-10,16-17H,2-4,11-13H2,1H3. The Balaban J connectivity index is 2.50. The second-order valence-corrected chi connectivity index (χ2v) is 7.19. The maximum absolute atomic E-state index is 12.1. The van der Waals surface area contributed by atoms with Crippen molar-refractivity contribution in [1.29, 1.82) is 0 Å². The molecule has 0 aliphatic rings. The summed E-state index contributed by atoms with van der Waals surface area (Å²) in [6.07, 6.45) is 5.05. The van der Waals surface area contributed by atoms with Gasteiger partial charge in [-0.2, -0.15) is 11.8 Å². The highest BCUT2D eigenvalue weighted by atomic mass is 32.2. The van der Waals surface area contributed by atoms with E-state index in [0.717, 1.165) is 25.0 Å². The van der Waals surface area contributed by atoms with Gasteiger partial charge in [0.05, 0.1) is 4.90 Å². The van der Waals surface area contributed by atoms with Crippen LogP contribution in [0.3, 0.4) is 0 Å². The van der Waals surface area contributed by atoms with Crippen LogP contribution in [0.2, 0.25) is 0 Å². The van der Waals surface area contributed by atoms with Crippen molar-refractivity contribution in [2.24, 2.45) is 0 Å². The quantitative estimate of drug-likeness (QED) is 0.565. The van der Waals surface area contributed by atoms with Crippen LogP contribution in [0.1, 0.15) is 24.8 Å². The lowest BCUT2D eigenvalue weighted by Crippen LogP contribution is -2.24. The topological polar surface area (TPSA) is 66.4 Å². The molecule has 0 fully saturated rings. The second-order valence-electron chi connectivity index (χ2n) is 4.44. The molecule has 0 aliphatic heterocycles. The number of unbranched alkanes of at least 4 members (excludes halogenated alkanes) is 2. The second kappa shape index (κ2) is 9.85. The van der Waals surface area contributed by atoms with Gasteiger partial charge in [0.2, 0.25) is 10.0 Å². The smallest absolute Gasteiger partial charge is 0.240 e. The molecule has 1 aromatic rings. The molecule has 0 unspecified atom stereocenters. The van der Waals surface area contributed by atoms with Crippen molar-refractivity contribution < 1.29 is 13.5 Å². The molecule has 1 rings (SSSR count). The van der Waals surface area contributed by atoms with E-state index in [9.17, 15) is 8.42 Å². The lowest BCUT2D eigenvalue weighted by atomic mass is 10.2. The lowest BCUT2D eigenvalue weighted by molar-refractivity contribution is 0.350. The fourth-order valence-corrected chi connectivity index (χ4v) is 3.26. The van der Waals surface area contributed by atoms with Gasteiger partial charge in [0, 0.05) is 12.1 Å². The van der Waals surface area contributed by atoms with Crippen molar-refractivity contribution in [1.82, 2.24) is 4.72 Å². The number of benzene rings is 1. The summed E-state index contributed by atoms with van der Waals surface area (Å²) < 4.78 is 26.7. The Hall–Kier alpha value is -1.00. The molecule has 0 heterocycles. The Morgan fingerprint density at radius 2 is 1.90 bits per heavy atom. The van der Waals surface area contributed by atoms with Gasteiger partial charge in [-0.3, -0.25) is 0 Å². The van der Waals surface area contributed by atoms with Crippen molar-refractivity contribution in [3.05, 3.63) is 29.8 Å². The number of hydrogen-bond acceptors (Lipinski definition) is 4. The van der Waals surface area contributed by atoms with E-state index in [1.54, 1.807) is 23.9 Å². The van der Waals surface area contributed by atoms with Gasteiger partial charge >= 0.3 is 0 Å². The number of nitrogens with one attached hydrogen (secondary N) is 1. The molecule has 0 aromatic heterocycles. The molecule has 4 nitrogen and oxygen atoms in total. The first-order valence-electron chi connectivity index (χ1n) is 6.78. The minimum Gasteiger partial charge on any atom is -0.384 e. The molecule has 0 bridgehead atoms. The van der Waals surface area contributed by atoms with Crippen LogP contribution < -0.4 is 4.72 Å². The van der Waals surface area contributed by atoms with Crippen LogP contribution in [0.15, 0.2) is 29.2 Å². The highest BCUT2D eigenvalue weighted by Gasteiger charge is 2.12. The number of rotatable bonds is 8. The van der Waals surface area contributed by atoms with E-state index in [-0.39, 0.29) is 11.5 Å². The minimum absolute atomic E-state index is 0.210. The monoisotopic (exact) mass is 327 g/mol. The average Bonchev–Trinajstić information content (AvgIpc) is 2.49. The summed E-state index contributed by atoms with van der Waals surface area (Å²) in [5, 5.41) is 8.61. The van der Waals surface area contributed by atoms with E-state index in [1.807, 2.05) is 0 Å². The predicted octanol–water partition coefficient (Wildman–Crippen LogP) is 1.84. The largest absolute Gasteiger partial charge is 0.384 e. The van der Waals surface area contributed by atoms with Crippen LogP contribution in [0.4, 0.5) is 0 Å². The van der Waals surface area contributed by atoms with Crippen LogP contribution in [0.5, 0.6) is 0 Å². The minimum atomic E-state index is -3.44. The molecule has 1 aromatic carbocycles. The Morgan fingerprint density at radius 1 is 1.19 bits per heavy atom. The van der Waals surface area contributed by atoms with Gasteiger partial charge in [-0.05, 0) is 49.1 Å². The first-order valence-corrected chi connectivity index (χ1v) is 9.66. The molecule has 0 aliphatic carbocycles. The molecular formula is C15H21NO3S2. The summed E-state index contributed by atoms with van der Waals surface area (Å²) in [6.45, 7) is 0.251. The molecule has 0 spiro atoms. The Labute approximate surface area is 131 Å². The van der Waals surface area contributed by atoms with E-state index in [1.165, 1.54) is 12.1 Å². The zero-order valence-electron chi connectivity index (χ0n) is 12.1. The summed E-state index contributed by atoms with van der Waals surface area (Å²) in [5.74, 6) is 6.36. The number of thioether (sulfide) groups is 1. The van der Waals surface area contributed by atoms with Gasteiger partial charge in [-0.15, -0.1) is 0 Å². The summed E-state index contributed by atoms with van der Waals surface area (Å²) >= 11 is 1.80. The summed E-state index contributed by atoms with van der Waals surface area (Å²) in [6, 6.07) is 6.32. The fourth-order valence-electron chi connectivity index (χ4n) is 1.70. The normalized spacial score (nSPS) is 11.0. The van der Waals surface area contributed by atoms with Gasteiger partial charge in [-0.25, -0.2) is 13.1 Å². The van der Waals surface area contributed by atoms with Gasteiger partial charge in [0.15, 0.2) is 0 Å². The fraction of sp³-hybridized carbons (Fsp3) is 0.467. The highest BCUT2D eigenvalue weighted by molar-refractivity contribution is 7.98. The van der Waals surface area contributed by atoms with E-state index in [0.29, 0.717) is 12.1 Å². The number of hydrogen-bond donors (Lipinski definition) is 2. The van der Waals surface area contributed by atoms with E-state index >= 15 is 0 Å². The Kier molecular flexibility index (Phi) is 8.47. The van der Waals surface area contributed by atoms with E-state index in [4.69, 9.17) is 5.11 Å². The number of sulfonamides is 1. The van der Waals surface area contributed by atoms with Crippen LogP contribution in [-0.2, 0) is 10.0 Å². The highest BCUT2D eigenvalue weighted by Crippen LogP contribution is 2.10. The number of aliphatic hydroxyl groups excluding tert-OH is 1. The zero-order chi connectivity index (χ0) is 15.6. The average molecular weight is 327 g/mol. The van der Waals surface area contributed by atoms with Crippen molar-refractivity contribution in [2.45, 2.75) is 24.2 Å². The molecule has 116 valence electrons. The molecule has 0 saturated heterocycles. The Morgan fingerprint density at radius 3 is 2.52 bits per heavy atom. The van der Waals surface area contributed by atoms with Gasteiger partial charge in [0.1, 0.15) is 6.61 Å². The van der Waals surface area contributed by atoms with Crippen LogP contribution in [0, 0.1) is 11.8 Å².